The number of nitrogens with two attached hydrogens (primary N) is 5. The predicted molar refractivity (Wildman–Crippen MR) is 147 cm³/mol. The monoisotopic (exact) mass is 558 g/mol. The van der Waals surface area contributed by atoms with Gasteiger partial charge >= 0.3 is 5.97 Å². The van der Waals surface area contributed by atoms with E-state index < -0.39 is 47.9 Å². The number of guanidine groups is 2. The van der Waals surface area contributed by atoms with Gasteiger partial charge in [-0.1, -0.05) is 0 Å². The van der Waals surface area contributed by atoms with E-state index in [1.807, 2.05) is 6.26 Å². The molecule has 4 unspecified atom stereocenters. The number of nitrogens with zero attached hydrogens (tertiary/aromatic N) is 3. The smallest absolute Gasteiger partial charge is 0.326 e. The molecule has 1 saturated heterocycles. The zero-order chi connectivity index (χ0) is 28.7. The van der Waals surface area contributed by atoms with Crippen molar-refractivity contribution in [3.8, 4) is 0 Å². The number of amides is 3. The first-order valence-corrected chi connectivity index (χ1v) is 13.9. The highest BCUT2D eigenvalue weighted by Crippen LogP contribution is 2.20. The van der Waals surface area contributed by atoms with Crippen LogP contribution in [0.1, 0.15) is 44.9 Å². The molecule has 0 aromatic heterocycles. The van der Waals surface area contributed by atoms with Crippen LogP contribution in [0.25, 0.3) is 0 Å². The van der Waals surface area contributed by atoms with E-state index in [-0.39, 0.29) is 31.3 Å². The molecule has 0 aliphatic carbocycles. The third-order valence-corrected chi connectivity index (χ3v) is 6.57. The summed E-state index contributed by atoms with van der Waals surface area (Å²) in [5.41, 5.74) is 27.3. The largest absolute Gasteiger partial charge is 0.480 e. The van der Waals surface area contributed by atoms with E-state index in [0.29, 0.717) is 50.9 Å². The van der Waals surface area contributed by atoms with Crippen molar-refractivity contribution in [2.75, 3.05) is 31.6 Å². The van der Waals surface area contributed by atoms with Crippen molar-refractivity contribution in [3.63, 3.8) is 0 Å². The molecule has 1 aliphatic rings. The average molecular weight is 559 g/mol. The summed E-state index contributed by atoms with van der Waals surface area (Å²) < 4.78 is 0. The van der Waals surface area contributed by atoms with Crippen molar-refractivity contribution >= 4 is 47.4 Å². The highest BCUT2D eigenvalue weighted by molar-refractivity contribution is 7.98. The first kappa shape index (κ1) is 32.8. The van der Waals surface area contributed by atoms with E-state index in [2.05, 4.69) is 20.6 Å². The lowest BCUT2D eigenvalue weighted by atomic mass is 10.1. The van der Waals surface area contributed by atoms with Crippen molar-refractivity contribution < 1.29 is 24.3 Å². The topological polar surface area (TPSA) is 271 Å². The van der Waals surface area contributed by atoms with Gasteiger partial charge in [0.1, 0.15) is 18.1 Å². The zero-order valence-electron chi connectivity index (χ0n) is 21.8. The number of aliphatic imine (C=N–C) groups is 2. The second kappa shape index (κ2) is 17.3. The number of aliphatic carboxylic acids is 1. The predicted octanol–water partition coefficient (Wildman–Crippen LogP) is -2.78. The van der Waals surface area contributed by atoms with Gasteiger partial charge in [-0.15, -0.1) is 0 Å². The maximum absolute atomic E-state index is 13.5. The minimum Gasteiger partial charge on any atom is -0.480 e. The first-order valence-electron chi connectivity index (χ1n) is 12.5. The van der Waals surface area contributed by atoms with Crippen molar-refractivity contribution in [2.45, 2.75) is 69.1 Å². The molecule has 1 fully saturated rings. The standard InChI is InChI=1S/C22H42N10O5S/c1-38-12-8-15(20(36)37)31-18(34)16-7-4-11-32(16)19(35)14(6-3-10-29-22(26)27)30-17(33)13(23)5-2-9-28-21(24)25/h13-16H,2-12,23H2,1H3,(H,30,33)(H,31,34)(H,36,37)(H4,24,25,28)(H4,26,27,29). The molecule has 1 aliphatic heterocycles. The molecule has 0 bridgehead atoms. The molecule has 38 heavy (non-hydrogen) atoms. The van der Waals surface area contributed by atoms with Gasteiger partial charge in [0.05, 0.1) is 6.04 Å². The highest BCUT2D eigenvalue weighted by Gasteiger charge is 2.39. The molecule has 0 aromatic rings. The highest BCUT2D eigenvalue weighted by atomic mass is 32.2. The summed E-state index contributed by atoms with van der Waals surface area (Å²) in [7, 11) is 0. The van der Waals surface area contributed by atoms with Gasteiger partial charge in [-0.25, -0.2) is 4.79 Å². The molecule has 13 N–H and O–H groups in total. The molecule has 216 valence electrons. The number of thioether (sulfide) groups is 1. The lowest BCUT2D eigenvalue weighted by Crippen LogP contribution is -2.56. The van der Waals surface area contributed by atoms with Crippen LogP contribution in [0, 0.1) is 0 Å². The molecule has 4 atom stereocenters. The number of carboxylic acid groups (broad SMARTS) is 1. The van der Waals surface area contributed by atoms with E-state index in [0.717, 1.165) is 0 Å². The van der Waals surface area contributed by atoms with Crippen LogP contribution in [0.15, 0.2) is 9.98 Å². The van der Waals surface area contributed by atoms with E-state index >= 15 is 0 Å². The van der Waals surface area contributed by atoms with E-state index in [1.165, 1.54) is 16.7 Å². The zero-order valence-corrected chi connectivity index (χ0v) is 22.6. The Labute approximate surface area is 226 Å². The van der Waals surface area contributed by atoms with Crippen LogP contribution in [-0.2, 0) is 19.2 Å². The number of nitrogens with one attached hydrogen (secondary N) is 2. The lowest BCUT2D eigenvalue weighted by Gasteiger charge is -2.30. The summed E-state index contributed by atoms with van der Waals surface area (Å²) in [6, 6.07) is -3.77. The number of carbonyl (C=O) groups excluding carboxylic acids is 3. The summed E-state index contributed by atoms with van der Waals surface area (Å²) in [6.07, 6.45) is 4.39. The van der Waals surface area contributed by atoms with Crippen LogP contribution in [0.5, 0.6) is 0 Å². The molecule has 3 amide bonds. The summed E-state index contributed by atoms with van der Waals surface area (Å²) >= 11 is 1.47. The van der Waals surface area contributed by atoms with Crippen molar-refractivity contribution in [2.24, 2.45) is 38.7 Å². The molecule has 1 rings (SSSR count). The molecular formula is C22H42N10O5S. The fourth-order valence-electron chi connectivity index (χ4n) is 3.95. The molecule has 0 saturated carbocycles. The van der Waals surface area contributed by atoms with Crippen LogP contribution in [-0.4, -0.2) is 101 Å². The summed E-state index contributed by atoms with van der Waals surface area (Å²) in [5, 5.41) is 14.7. The molecule has 1 heterocycles. The Balaban J connectivity index is 2.93. The van der Waals surface area contributed by atoms with Crippen molar-refractivity contribution in [3.05, 3.63) is 0 Å². The van der Waals surface area contributed by atoms with E-state index in [9.17, 15) is 24.3 Å². The Bertz CT molecular complexity index is 863. The number of carbonyl (C=O) groups is 4. The van der Waals surface area contributed by atoms with Crippen molar-refractivity contribution in [1.29, 1.82) is 0 Å². The van der Waals surface area contributed by atoms with Gasteiger partial charge in [-0.05, 0) is 57.0 Å². The summed E-state index contributed by atoms with van der Waals surface area (Å²) in [6.45, 7) is 0.847. The number of likely N-dealkylation sites (tertiary alicyclic amines) is 1. The van der Waals surface area contributed by atoms with Crippen LogP contribution in [0.4, 0.5) is 0 Å². The average Bonchev–Trinajstić information content (AvgIpc) is 3.35. The molecule has 0 radical (unpaired) electrons. The number of carboxylic acids is 1. The van der Waals surface area contributed by atoms with Crippen LogP contribution < -0.4 is 39.3 Å². The minimum absolute atomic E-state index is 0.0578. The Morgan fingerprint density at radius 1 is 0.974 bits per heavy atom. The van der Waals surface area contributed by atoms with Gasteiger partial charge in [0, 0.05) is 19.6 Å². The molecule has 0 spiro atoms. The van der Waals surface area contributed by atoms with Gasteiger partial charge < -0.3 is 49.3 Å². The molecular weight excluding hydrogens is 516 g/mol. The van der Waals surface area contributed by atoms with Crippen LogP contribution in [0.2, 0.25) is 0 Å². The first-order chi connectivity index (χ1) is 18.0. The van der Waals surface area contributed by atoms with Crippen molar-refractivity contribution in [1.82, 2.24) is 15.5 Å². The maximum Gasteiger partial charge on any atom is 0.326 e. The third kappa shape index (κ3) is 11.9. The normalized spacial score (nSPS) is 17.1. The lowest BCUT2D eigenvalue weighted by molar-refractivity contribution is -0.145. The van der Waals surface area contributed by atoms with Gasteiger partial charge in [-0.3, -0.25) is 24.4 Å². The summed E-state index contributed by atoms with van der Waals surface area (Å²) in [4.78, 5) is 60.0. The minimum atomic E-state index is -1.14. The number of hydrogen-bond acceptors (Lipinski definition) is 8. The number of hydrogen-bond donors (Lipinski definition) is 8. The fourth-order valence-corrected chi connectivity index (χ4v) is 4.43. The maximum atomic E-state index is 13.5. The summed E-state index contributed by atoms with van der Waals surface area (Å²) in [5.74, 6) is -2.25. The van der Waals surface area contributed by atoms with Gasteiger partial charge in [-0.2, -0.15) is 11.8 Å². The fraction of sp³-hybridized carbons (Fsp3) is 0.727. The van der Waals surface area contributed by atoms with Gasteiger partial charge in [0.2, 0.25) is 17.7 Å². The Hall–Kier alpha value is -3.27. The number of rotatable bonds is 17. The second-order valence-electron chi connectivity index (χ2n) is 8.94. The Morgan fingerprint density at radius 2 is 1.58 bits per heavy atom. The van der Waals surface area contributed by atoms with Gasteiger partial charge in [0.25, 0.3) is 0 Å². The Morgan fingerprint density at radius 3 is 2.13 bits per heavy atom. The molecule has 16 heteroatoms. The second-order valence-corrected chi connectivity index (χ2v) is 9.92. The van der Waals surface area contributed by atoms with E-state index in [1.54, 1.807) is 0 Å². The molecule has 15 nitrogen and oxygen atoms in total. The van der Waals surface area contributed by atoms with Gasteiger partial charge in [0.15, 0.2) is 11.9 Å². The quantitative estimate of drug-likeness (QED) is 0.0513. The van der Waals surface area contributed by atoms with Crippen LogP contribution in [0.3, 0.4) is 0 Å². The van der Waals surface area contributed by atoms with E-state index in [4.69, 9.17) is 28.7 Å². The Kier molecular flexibility index (Phi) is 14.9. The third-order valence-electron chi connectivity index (χ3n) is 5.93. The molecule has 0 aromatic carbocycles. The SMILES string of the molecule is CSCCC(NC(=O)C1CCCN1C(=O)C(CCCN=C(N)N)NC(=O)C(N)CCCN=C(N)N)C(=O)O. The van der Waals surface area contributed by atoms with Crippen LogP contribution >= 0.6 is 11.8 Å².